The zero-order valence-corrected chi connectivity index (χ0v) is 60.4. The highest BCUT2D eigenvalue weighted by Gasteiger charge is 2.40. The normalized spacial score (nSPS) is 13.1. The number of anilines is 6. The van der Waals surface area contributed by atoms with Crippen LogP contribution in [-0.2, 0) is 10.8 Å². The molecule has 0 saturated heterocycles. The third-order valence-electron chi connectivity index (χ3n) is 23.4. The van der Waals surface area contributed by atoms with Gasteiger partial charge in [-0.15, -0.1) is 0 Å². The SMILES string of the molecule is CC1(C)c2ccccc2-c2cccc(-c3ccc(N(c4ccccc4)c4ccccc4-c4cccc5c4oc4cc6c(-c7ccc8c(c7)-c7cccc(-c9ccc(N(c%10ccccc%10-c%10ccccc%10)c%10ccccc%10-c%10cccc%11c%10oc%10cc%12ccccc%12cc%10%11)cc9)c7C8(C)C)cccc6cc45)cc3)c21. The highest BCUT2D eigenvalue weighted by atomic mass is 16.3. The summed E-state index contributed by atoms with van der Waals surface area (Å²) in [6.45, 7) is 9.53. The summed E-state index contributed by atoms with van der Waals surface area (Å²) in [6.07, 6.45) is 0. The molecule has 0 radical (unpaired) electrons. The van der Waals surface area contributed by atoms with Crippen molar-refractivity contribution in [3.05, 3.63) is 386 Å². The fraction of sp³-hybridized carbons (Fsp3) is 0.0577. The summed E-state index contributed by atoms with van der Waals surface area (Å²) in [4.78, 5) is 4.83. The fourth-order valence-electron chi connectivity index (χ4n) is 18.4. The first-order valence-corrected chi connectivity index (χ1v) is 37.5. The Kier molecular flexibility index (Phi) is 14.3. The van der Waals surface area contributed by atoms with Crippen molar-refractivity contribution in [1.82, 2.24) is 0 Å². The molecule has 0 bridgehead atoms. The van der Waals surface area contributed by atoms with Gasteiger partial charge in [0.2, 0.25) is 0 Å². The molecule has 0 N–H and O–H groups in total. The predicted octanol–water partition coefficient (Wildman–Crippen LogP) is 29.3. The Morgan fingerprint density at radius 3 is 1.22 bits per heavy atom. The maximum Gasteiger partial charge on any atom is 0.143 e. The summed E-state index contributed by atoms with van der Waals surface area (Å²) in [5, 5.41) is 9.05. The van der Waals surface area contributed by atoms with Crippen molar-refractivity contribution >= 4 is 99.5 Å². The van der Waals surface area contributed by atoms with Crippen molar-refractivity contribution in [3.63, 3.8) is 0 Å². The minimum atomic E-state index is -0.297. The van der Waals surface area contributed by atoms with Crippen molar-refractivity contribution in [2.45, 2.75) is 38.5 Å². The second-order valence-electron chi connectivity index (χ2n) is 30.2. The van der Waals surface area contributed by atoms with E-state index in [4.69, 9.17) is 8.83 Å². The van der Waals surface area contributed by atoms with E-state index >= 15 is 0 Å². The molecule has 0 fully saturated rings. The van der Waals surface area contributed by atoms with Gasteiger partial charge in [0.05, 0.1) is 17.1 Å². The van der Waals surface area contributed by atoms with Gasteiger partial charge < -0.3 is 18.6 Å². The van der Waals surface area contributed by atoms with Gasteiger partial charge in [0, 0.05) is 77.3 Å². The number of furan rings is 2. The first-order valence-electron chi connectivity index (χ1n) is 37.5. The van der Waals surface area contributed by atoms with E-state index in [1.165, 1.54) is 77.7 Å². The molecule has 0 spiro atoms. The first-order chi connectivity index (χ1) is 53.1. The molecule has 17 aromatic carbocycles. The zero-order valence-electron chi connectivity index (χ0n) is 60.4. The van der Waals surface area contributed by atoms with E-state index in [0.29, 0.717) is 0 Å². The van der Waals surface area contributed by atoms with Crippen LogP contribution in [0.5, 0.6) is 0 Å². The lowest BCUT2D eigenvalue weighted by atomic mass is 9.78. The Morgan fingerprint density at radius 1 is 0.213 bits per heavy atom. The molecule has 108 heavy (non-hydrogen) atoms. The molecular weight excluding hydrogens is 1310 g/mol. The Labute approximate surface area is 627 Å². The van der Waals surface area contributed by atoms with Crippen LogP contribution in [0.4, 0.5) is 34.1 Å². The van der Waals surface area contributed by atoms with Crippen LogP contribution in [0.2, 0.25) is 0 Å². The Bertz CT molecular complexity index is 6860. The monoisotopic (exact) mass is 1380 g/mol. The predicted molar refractivity (Wildman–Crippen MR) is 453 cm³/mol. The van der Waals surface area contributed by atoms with E-state index in [9.17, 15) is 0 Å². The largest absolute Gasteiger partial charge is 0.455 e. The molecule has 510 valence electrons. The van der Waals surface area contributed by atoms with Crippen molar-refractivity contribution in [2.75, 3.05) is 9.80 Å². The zero-order chi connectivity index (χ0) is 71.9. The Balaban J connectivity index is 0.630. The number of hydrogen-bond donors (Lipinski definition) is 0. The van der Waals surface area contributed by atoms with Crippen LogP contribution in [0.15, 0.2) is 373 Å². The number of hydrogen-bond acceptors (Lipinski definition) is 4. The smallest absolute Gasteiger partial charge is 0.143 e. The number of para-hydroxylation sites is 6. The van der Waals surface area contributed by atoms with Gasteiger partial charge in [0.1, 0.15) is 22.3 Å². The Morgan fingerprint density at radius 2 is 0.602 bits per heavy atom. The summed E-state index contributed by atoms with van der Waals surface area (Å²) in [5.41, 5.74) is 33.7. The number of rotatable bonds is 12. The molecule has 2 aromatic heterocycles. The Hall–Kier alpha value is -13.5. The molecule has 21 rings (SSSR count). The molecule has 4 heteroatoms. The summed E-state index contributed by atoms with van der Waals surface area (Å²) < 4.78 is 14.2. The van der Waals surface area contributed by atoms with Gasteiger partial charge in [-0.05, 0) is 190 Å². The summed E-state index contributed by atoms with van der Waals surface area (Å²) >= 11 is 0. The molecular formula is C104H72N2O2. The van der Waals surface area contributed by atoms with E-state index in [1.54, 1.807) is 0 Å². The van der Waals surface area contributed by atoms with Gasteiger partial charge >= 0.3 is 0 Å². The quantitative estimate of drug-likeness (QED) is 0.122. The van der Waals surface area contributed by atoms with Crippen molar-refractivity contribution in [1.29, 1.82) is 0 Å². The lowest BCUT2D eigenvalue weighted by Gasteiger charge is -2.30. The molecule has 0 amide bonds. The highest BCUT2D eigenvalue weighted by Crippen LogP contribution is 2.57. The molecule has 0 atom stereocenters. The van der Waals surface area contributed by atoms with Gasteiger partial charge in [-0.1, -0.05) is 307 Å². The van der Waals surface area contributed by atoms with E-state index in [-0.39, 0.29) is 10.8 Å². The lowest BCUT2D eigenvalue weighted by molar-refractivity contribution is 0.662. The number of nitrogens with zero attached hydrogens (tertiary/aromatic N) is 2. The topological polar surface area (TPSA) is 32.8 Å². The molecule has 2 aliphatic rings. The second kappa shape index (κ2) is 24.5. The van der Waals surface area contributed by atoms with Crippen LogP contribution in [0.3, 0.4) is 0 Å². The van der Waals surface area contributed by atoms with Crippen LogP contribution in [0.1, 0.15) is 49.9 Å². The molecule has 0 aliphatic heterocycles. The van der Waals surface area contributed by atoms with E-state index in [0.717, 1.165) is 133 Å². The van der Waals surface area contributed by atoms with Crippen molar-refractivity contribution < 1.29 is 8.83 Å². The molecule has 2 aliphatic carbocycles. The highest BCUT2D eigenvalue weighted by molar-refractivity contribution is 6.17. The van der Waals surface area contributed by atoms with Crippen LogP contribution < -0.4 is 9.80 Å². The maximum atomic E-state index is 7.25. The summed E-state index contributed by atoms with van der Waals surface area (Å²) in [6, 6.07) is 134. The molecule has 0 saturated carbocycles. The average molecular weight is 1380 g/mol. The molecule has 19 aromatic rings. The number of fused-ring (bicyclic) bond motifs is 14. The molecule has 0 unspecified atom stereocenters. The van der Waals surface area contributed by atoms with E-state index in [1.807, 2.05) is 0 Å². The van der Waals surface area contributed by atoms with Crippen LogP contribution >= 0.6 is 0 Å². The van der Waals surface area contributed by atoms with E-state index < -0.39 is 0 Å². The van der Waals surface area contributed by atoms with Crippen LogP contribution in [-0.4, -0.2) is 0 Å². The van der Waals surface area contributed by atoms with Crippen LogP contribution in [0.25, 0.3) is 154 Å². The molecule has 4 nitrogen and oxygen atoms in total. The van der Waals surface area contributed by atoms with Crippen molar-refractivity contribution in [2.24, 2.45) is 0 Å². The molecule has 2 heterocycles. The summed E-state index contributed by atoms with van der Waals surface area (Å²) in [7, 11) is 0. The maximum absolute atomic E-state index is 7.25. The fourth-order valence-corrected chi connectivity index (χ4v) is 18.4. The first kappa shape index (κ1) is 63.0. The lowest BCUT2D eigenvalue weighted by Crippen LogP contribution is -2.16. The van der Waals surface area contributed by atoms with E-state index in [2.05, 4.69) is 401 Å². The van der Waals surface area contributed by atoms with Gasteiger partial charge in [-0.3, -0.25) is 0 Å². The second-order valence-corrected chi connectivity index (χ2v) is 30.2. The number of benzene rings is 17. The minimum Gasteiger partial charge on any atom is -0.455 e. The third kappa shape index (κ3) is 9.83. The van der Waals surface area contributed by atoms with Gasteiger partial charge in [-0.25, -0.2) is 0 Å². The minimum absolute atomic E-state index is 0.130. The van der Waals surface area contributed by atoms with Crippen molar-refractivity contribution in [3.8, 4) is 89.0 Å². The van der Waals surface area contributed by atoms with Gasteiger partial charge in [-0.2, -0.15) is 0 Å². The van der Waals surface area contributed by atoms with Crippen LogP contribution in [0, 0.1) is 0 Å². The average Bonchev–Trinajstić information content (AvgIpc) is 1.56. The summed E-state index contributed by atoms with van der Waals surface area (Å²) in [5.74, 6) is 0. The standard InChI is InChI=1S/C104H72N2O2/c1-103(2)92-46-17-13-34-79(92)82-40-22-38-77(99(82)103)66-50-55-73(56-51-66)105(72-31-9-6-10-32-72)95-48-19-15-35-80(95)84-42-24-45-87-91-62-70-30-21-37-75(88(70)64-98(91)108-102(84)87)71-54-59-93-89(61-71)83-41-23-39-78(100(83)104(93,3)4)67-52-57-74(58-53-67)106(94-47-18-14-33-76(94)65-26-7-5-8-27-65)96-49-20-16-36-81(96)85-43-25-44-86-90-60-68-28-11-12-29-69(68)63-97(90)107-101(85)86/h5-64H,1-4H3. The van der Waals surface area contributed by atoms with Gasteiger partial charge in [0.15, 0.2) is 0 Å². The van der Waals surface area contributed by atoms with Gasteiger partial charge in [0.25, 0.3) is 0 Å². The third-order valence-corrected chi connectivity index (χ3v) is 23.4.